The van der Waals surface area contributed by atoms with E-state index in [0.717, 1.165) is 22.4 Å². The molecule has 4 aromatic rings. The van der Waals surface area contributed by atoms with Crippen molar-refractivity contribution < 1.29 is 13.9 Å². The molecule has 0 saturated heterocycles. The zero-order valence-electron chi connectivity index (χ0n) is 17.5. The van der Waals surface area contributed by atoms with Crippen LogP contribution in [0.15, 0.2) is 88.5 Å². The summed E-state index contributed by atoms with van der Waals surface area (Å²) in [5, 5.41) is 8.65. The number of anilines is 1. The molecule has 1 amide bonds. The van der Waals surface area contributed by atoms with Crippen molar-refractivity contribution >= 4 is 23.4 Å². The van der Waals surface area contributed by atoms with Gasteiger partial charge in [0.25, 0.3) is 5.22 Å². The largest absolute Gasteiger partial charge is 0.489 e. The predicted octanol–water partition coefficient (Wildman–Crippen LogP) is 5.30. The van der Waals surface area contributed by atoms with Crippen LogP contribution in [0.3, 0.4) is 0 Å². The van der Waals surface area contributed by atoms with Gasteiger partial charge in [0.2, 0.25) is 11.8 Å². The Kier molecular flexibility index (Phi) is 5.64. The summed E-state index contributed by atoms with van der Waals surface area (Å²) in [7, 11) is 0. The van der Waals surface area contributed by atoms with E-state index in [9.17, 15) is 4.79 Å². The molecule has 160 valence electrons. The highest BCUT2D eigenvalue weighted by Gasteiger charge is 2.33. The van der Waals surface area contributed by atoms with Crippen LogP contribution in [0.4, 0.5) is 5.69 Å². The summed E-state index contributed by atoms with van der Waals surface area (Å²) >= 11 is 1.24. The first-order valence-electron chi connectivity index (χ1n) is 10.3. The molecule has 7 heteroatoms. The van der Waals surface area contributed by atoms with E-state index in [4.69, 9.17) is 9.15 Å². The number of hydrogen-bond donors (Lipinski definition) is 0. The molecular weight excluding hydrogens is 422 g/mol. The van der Waals surface area contributed by atoms with Crippen molar-refractivity contribution in [2.75, 3.05) is 17.3 Å². The fraction of sp³-hybridized carbons (Fsp3) is 0.160. The summed E-state index contributed by atoms with van der Waals surface area (Å²) in [5.74, 6) is 1.29. The molecule has 0 radical (unpaired) electrons. The lowest BCUT2D eigenvalue weighted by Gasteiger charge is -2.37. The molecule has 32 heavy (non-hydrogen) atoms. The Hall–Kier alpha value is -3.58. The van der Waals surface area contributed by atoms with Gasteiger partial charge >= 0.3 is 0 Å². The van der Waals surface area contributed by atoms with Gasteiger partial charge in [0, 0.05) is 5.56 Å². The second-order valence-corrected chi connectivity index (χ2v) is 8.37. The fourth-order valence-electron chi connectivity index (χ4n) is 3.80. The van der Waals surface area contributed by atoms with Gasteiger partial charge in [-0.15, -0.1) is 10.2 Å². The van der Waals surface area contributed by atoms with Crippen molar-refractivity contribution in [3.8, 4) is 17.2 Å². The third-order valence-electron chi connectivity index (χ3n) is 5.39. The molecule has 0 fully saturated rings. The SMILES string of the molecule is Cc1ccccc1-c1nnc(SCC(=O)N2c3ccccc3OC[C@@H]2c2ccccc2)o1. The standard InChI is InChI=1S/C25H21N3O3S/c1-17-9-5-6-12-19(17)24-26-27-25(31-24)32-16-23(29)28-20-13-7-8-14-22(20)30-15-21(28)18-10-3-2-4-11-18/h2-14,21H,15-16H2,1H3/t21-/m1/s1. The van der Waals surface area contributed by atoms with Crippen molar-refractivity contribution in [1.29, 1.82) is 0 Å². The highest BCUT2D eigenvalue weighted by atomic mass is 32.2. The molecule has 1 aliphatic heterocycles. The molecule has 1 atom stereocenters. The normalized spacial score (nSPS) is 15.2. The monoisotopic (exact) mass is 443 g/mol. The highest BCUT2D eigenvalue weighted by molar-refractivity contribution is 7.99. The minimum atomic E-state index is -0.204. The molecule has 0 spiro atoms. The molecule has 2 heterocycles. The summed E-state index contributed by atoms with van der Waals surface area (Å²) in [4.78, 5) is 15.2. The molecule has 1 aliphatic rings. The number of benzene rings is 3. The number of aromatic nitrogens is 2. The lowest BCUT2D eigenvalue weighted by atomic mass is 10.0. The molecule has 3 aromatic carbocycles. The number of nitrogens with zero attached hydrogens (tertiary/aromatic N) is 3. The van der Waals surface area contributed by atoms with Crippen LogP contribution < -0.4 is 9.64 Å². The Morgan fingerprint density at radius 3 is 2.59 bits per heavy atom. The molecular formula is C25H21N3O3S. The summed E-state index contributed by atoms with van der Waals surface area (Å²) in [6.45, 7) is 2.39. The van der Waals surface area contributed by atoms with E-state index in [1.165, 1.54) is 11.8 Å². The van der Waals surface area contributed by atoms with Gasteiger partial charge in [-0.05, 0) is 36.2 Å². The summed E-state index contributed by atoms with van der Waals surface area (Å²) in [6, 6.07) is 25.2. The van der Waals surface area contributed by atoms with Gasteiger partial charge < -0.3 is 9.15 Å². The number of aryl methyl sites for hydroxylation is 1. The minimum Gasteiger partial charge on any atom is -0.489 e. The van der Waals surface area contributed by atoms with E-state index in [1.54, 1.807) is 0 Å². The molecule has 1 aromatic heterocycles. The highest BCUT2D eigenvalue weighted by Crippen LogP contribution is 2.40. The molecule has 0 unspecified atom stereocenters. The van der Waals surface area contributed by atoms with Crippen molar-refractivity contribution in [1.82, 2.24) is 10.2 Å². The Balaban J connectivity index is 1.37. The second kappa shape index (κ2) is 8.88. The third kappa shape index (κ3) is 3.99. The zero-order chi connectivity index (χ0) is 21.9. The molecule has 6 nitrogen and oxygen atoms in total. The maximum Gasteiger partial charge on any atom is 0.277 e. The van der Waals surface area contributed by atoms with Crippen LogP contribution in [-0.4, -0.2) is 28.5 Å². The zero-order valence-corrected chi connectivity index (χ0v) is 18.3. The molecule has 0 bridgehead atoms. The Morgan fingerprint density at radius 1 is 1.00 bits per heavy atom. The minimum absolute atomic E-state index is 0.0461. The van der Waals surface area contributed by atoms with Crippen molar-refractivity contribution in [2.24, 2.45) is 0 Å². The van der Waals surface area contributed by atoms with E-state index in [2.05, 4.69) is 10.2 Å². The average molecular weight is 444 g/mol. The number of thioether (sulfide) groups is 1. The van der Waals surface area contributed by atoms with Crippen LogP contribution >= 0.6 is 11.8 Å². The number of carbonyl (C=O) groups excluding carboxylic acids is 1. The van der Waals surface area contributed by atoms with E-state index in [0.29, 0.717) is 23.5 Å². The van der Waals surface area contributed by atoms with E-state index in [1.807, 2.05) is 90.7 Å². The van der Waals surface area contributed by atoms with Crippen LogP contribution in [0.2, 0.25) is 0 Å². The Bertz CT molecular complexity index is 1240. The Labute approximate surface area is 190 Å². The number of rotatable bonds is 5. The van der Waals surface area contributed by atoms with Crippen LogP contribution in [0, 0.1) is 6.92 Å². The number of fused-ring (bicyclic) bond motifs is 1. The molecule has 0 aliphatic carbocycles. The number of para-hydroxylation sites is 2. The third-order valence-corrected chi connectivity index (χ3v) is 6.19. The maximum atomic E-state index is 13.4. The average Bonchev–Trinajstić information content (AvgIpc) is 3.31. The van der Waals surface area contributed by atoms with Crippen LogP contribution in [-0.2, 0) is 4.79 Å². The summed E-state index contributed by atoms with van der Waals surface area (Å²) < 4.78 is 11.8. The second-order valence-electron chi connectivity index (χ2n) is 7.45. The molecule has 0 N–H and O–H groups in total. The fourth-order valence-corrected chi connectivity index (χ4v) is 4.42. The number of carbonyl (C=O) groups is 1. The van der Waals surface area contributed by atoms with Gasteiger partial charge in [-0.1, -0.05) is 72.4 Å². The van der Waals surface area contributed by atoms with Crippen LogP contribution in [0.25, 0.3) is 11.5 Å². The van der Waals surface area contributed by atoms with E-state index < -0.39 is 0 Å². The smallest absolute Gasteiger partial charge is 0.277 e. The van der Waals surface area contributed by atoms with Crippen molar-refractivity contribution in [2.45, 2.75) is 18.2 Å². The van der Waals surface area contributed by atoms with Crippen LogP contribution in [0.5, 0.6) is 5.75 Å². The van der Waals surface area contributed by atoms with Gasteiger partial charge in [0.1, 0.15) is 12.4 Å². The van der Waals surface area contributed by atoms with E-state index in [-0.39, 0.29) is 17.7 Å². The molecule has 5 rings (SSSR count). The lowest BCUT2D eigenvalue weighted by Crippen LogP contribution is -2.42. The lowest BCUT2D eigenvalue weighted by molar-refractivity contribution is -0.117. The first-order valence-corrected chi connectivity index (χ1v) is 11.3. The van der Waals surface area contributed by atoms with E-state index >= 15 is 0 Å². The predicted molar refractivity (Wildman–Crippen MR) is 124 cm³/mol. The number of hydrogen-bond acceptors (Lipinski definition) is 6. The summed E-state index contributed by atoms with van der Waals surface area (Å²) in [6.07, 6.45) is 0. The quantitative estimate of drug-likeness (QED) is 0.390. The maximum absolute atomic E-state index is 13.4. The van der Waals surface area contributed by atoms with Crippen LogP contribution in [0.1, 0.15) is 17.2 Å². The first kappa shape index (κ1) is 20.3. The van der Waals surface area contributed by atoms with Gasteiger partial charge in [-0.3, -0.25) is 9.69 Å². The van der Waals surface area contributed by atoms with Gasteiger partial charge in [0.05, 0.1) is 17.5 Å². The van der Waals surface area contributed by atoms with Crippen molar-refractivity contribution in [3.63, 3.8) is 0 Å². The van der Waals surface area contributed by atoms with Gasteiger partial charge in [0.15, 0.2) is 0 Å². The topological polar surface area (TPSA) is 68.5 Å². The number of amides is 1. The van der Waals surface area contributed by atoms with Crippen molar-refractivity contribution in [3.05, 3.63) is 90.0 Å². The Morgan fingerprint density at radius 2 is 1.75 bits per heavy atom. The first-order chi connectivity index (χ1) is 15.7. The summed E-state index contributed by atoms with van der Waals surface area (Å²) in [5.41, 5.74) is 3.74. The van der Waals surface area contributed by atoms with Gasteiger partial charge in [-0.25, -0.2) is 0 Å². The molecule has 0 saturated carbocycles. The van der Waals surface area contributed by atoms with Gasteiger partial charge in [-0.2, -0.15) is 0 Å². The number of ether oxygens (including phenoxy) is 1.